The van der Waals surface area contributed by atoms with E-state index in [4.69, 9.17) is 5.73 Å². The molecule has 84 valence electrons. The molecule has 0 aromatic heterocycles. The molecule has 0 atom stereocenters. The SMILES string of the molecule is NC(=O)Nc1cccc(C2=CCNCC2)c1. The molecule has 2 amide bonds. The lowest BCUT2D eigenvalue weighted by Gasteiger charge is -2.14. The Labute approximate surface area is 94.5 Å². The van der Waals surface area contributed by atoms with Crippen LogP contribution in [-0.2, 0) is 0 Å². The van der Waals surface area contributed by atoms with E-state index in [2.05, 4.69) is 16.7 Å². The van der Waals surface area contributed by atoms with E-state index in [0.29, 0.717) is 0 Å². The fraction of sp³-hybridized carbons (Fsp3) is 0.250. The zero-order valence-electron chi connectivity index (χ0n) is 8.99. The molecule has 0 spiro atoms. The first kappa shape index (κ1) is 10.7. The second kappa shape index (κ2) is 4.81. The fourth-order valence-corrected chi connectivity index (χ4v) is 1.82. The molecule has 0 fully saturated rings. The highest BCUT2D eigenvalue weighted by atomic mass is 16.2. The third kappa shape index (κ3) is 2.61. The van der Waals surface area contributed by atoms with E-state index in [1.54, 1.807) is 0 Å². The summed E-state index contributed by atoms with van der Waals surface area (Å²) in [7, 11) is 0. The van der Waals surface area contributed by atoms with Crippen molar-refractivity contribution in [2.45, 2.75) is 6.42 Å². The molecule has 2 rings (SSSR count). The van der Waals surface area contributed by atoms with Gasteiger partial charge in [0.25, 0.3) is 0 Å². The summed E-state index contributed by atoms with van der Waals surface area (Å²) in [6, 6.07) is 7.21. The van der Waals surface area contributed by atoms with Crippen molar-refractivity contribution < 1.29 is 4.79 Å². The number of rotatable bonds is 2. The zero-order valence-corrected chi connectivity index (χ0v) is 8.99. The van der Waals surface area contributed by atoms with Gasteiger partial charge >= 0.3 is 6.03 Å². The Kier molecular flexibility index (Phi) is 3.22. The summed E-state index contributed by atoms with van der Waals surface area (Å²) in [4.78, 5) is 10.7. The molecule has 0 bridgehead atoms. The van der Waals surface area contributed by atoms with Crippen molar-refractivity contribution >= 4 is 17.3 Å². The van der Waals surface area contributed by atoms with E-state index >= 15 is 0 Å². The Morgan fingerprint density at radius 3 is 3.00 bits per heavy atom. The van der Waals surface area contributed by atoms with Gasteiger partial charge in [-0.15, -0.1) is 0 Å². The van der Waals surface area contributed by atoms with Crippen LogP contribution in [0.3, 0.4) is 0 Å². The number of amides is 2. The summed E-state index contributed by atoms with van der Waals surface area (Å²) in [6.45, 7) is 1.90. The highest BCUT2D eigenvalue weighted by Gasteiger charge is 2.06. The van der Waals surface area contributed by atoms with Crippen molar-refractivity contribution in [2.75, 3.05) is 18.4 Å². The molecule has 1 aromatic rings. The molecule has 4 nitrogen and oxygen atoms in total. The number of nitrogens with one attached hydrogen (secondary N) is 2. The van der Waals surface area contributed by atoms with Crippen LogP contribution in [0.4, 0.5) is 10.5 Å². The van der Waals surface area contributed by atoms with Crippen molar-refractivity contribution in [3.8, 4) is 0 Å². The second-order valence-electron chi connectivity index (χ2n) is 3.75. The number of urea groups is 1. The maximum atomic E-state index is 10.7. The van der Waals surface area contributed by atoms with Crippen LogP contribution in [0.15, 0.2) is 30.3 Å². The average Bonchev–Trinajstić information content (AvgIpc) is 2.30. The van der Waals surface area contributed by atoms with Gasteiger partial charge in [-0.2, -0.15) is 0 Å². The summed E-state index contributed by atoms with van der Waals surface area (Å²) in [5.41, 5.74) is 8.28. The monoisotopic (exact) mass is 217 g/mol. The first-order valence-electron chi connectivity index (χ1n) is 5.32. The minimum atomic E-state index is -0.531. The molecular weight excluding hydrogens is 202 g/mol. The van der Waals surface area contributed by atoms with Crippen LogP contribution >= 0.6 is 0 Å². The highest BCUT2D eigenvalue weighted by Crippen LogP contribution is 2.22. The third-order valence-electron chi connectivity index (χ3n) is 2.56. The Bertz CT molecular complexity index is 426. The lowest BCUT2D eigenvalue weighted by atomic mass is 10.00. The van der Waals surface area contributed by atoms with E-state index in [1.807, 2.05) is 24.3 Å². The predicted octanol–water partition coefficient (Wildman–Crippen LogP) is 1.55. The largest absolute Gasteiger partial charge is 0.351 e. The van der Waals surface area contributed by atoms with Crippen LogP contribution in [0.1, 0.15) is 12.0 Å². The number of carbonyl (C=O) groups excluding carboxylic acids is 1. The zero-order chi connectivity index (χ0) is 11.4. The van der Waals surface area contributed by atoms with Crippen LogP contribution in [0, 0.1) is 0 Å². The van der Waals surface area contributed by atoms with Gasteiger partial charge in [0.15, 0.2) is 0 Å². The van der Waals surface area contributed by atoms with Crippen LogP contribution in [0.2, 0.25) is 0 Å². The normalized spacial score (nSPS) is 15.4. The van der Waals surface area contributed by atoms with Crippen molar-refractivity contribution in [3.63, 3.8) is 0 Å². The van der Waals surface area contributed by atoms with Gasteiger partial charge in [0.2, 0.25) is 0 Å². The summed E-state index contributed by atoms with van der Waals surface area (Å²) in [5, 5.41) is 5.85. The van der Waals surface area contributed by atoms with E-state index < -0.39 is 6.03 Å². The van der Waals surface area contributed by atoms with Gasteiger partial charge in [-0.3, -0.25) is 0 Å². The molecule has 4 heteroatoms. The summed E-state index contributed by atoms with van der Waals surface area (Å²) < 4.78 is 0. The second-order valence-corrected chi connectivity index (χ2v) is 3.75. The molecular formula is C12H15N3O. The van der Waals surface area contributed by atoms with Crippen molar-refractivity contribution in [1.82, 2.24) is 5.32 Å². The highest BCUT2D eigenvalue weighted by molar-refractivity contribution is 5.88. The first-order valence-corrected chi connectivity index (χ1v) is 5.32. The Hall–Kier alpha value is -1.81. The molecule has 0 saturated heterocycles. The third-order valence-corrected chi connectivity index (χ3v) is 2.56. The van der Waals surface area contributed by atoms with E-state index in [-0.39, 0.29) is 0 Å². The van der Waals surface area contributed by atoms with Gasteiger partial charge in [0.1, 0.15) is 0 Å². The minimum Gasteiger partial charge on any atom is -0.351 e. The van der Waals surface area contributed by atoms with Crippen LogP contribution in [-0.4, -0.2) is 19.1 Å². The number of anilines is 1. The van der Waals surface area contributed by atoms with Gasteiger partial charge in [0.05, 0.1) is 0 Å². The standard InChI is InChI=1S/C12H15N3O/c13-12(16)15-11-3-1-2-10(8-11)9-4-6-14-7-5-9/h1-4,8,14H,5-7H2,(H3,13,15,16). The van der Waals surface area contributed by atoms with Gasteiger partial charge in [0, 0.05) is 12.2 Å². The number of hydrogen-bond acceptors (Lipinski definition) is 2. The van der Waals surface area contributed by atoms with Gasteiger partial charge < -0.3 is 16.4 Å². The molecule has 0 unspecified atom stereocenters. The van der Waals surface area contributed by atoms with Gasteiger partial charge in [-0.1, -0.05) is 18.2 Å². The quantitative estimate of drug-likeness (QED) is 0.703. The molecule has 16 heavy (non-hydrogen) atoms. The molecule has 1 aromatic carbocycles. The van der Waals surface area contributed by atoms with Gasteiger partial charge in [-0.25, -0.2) is 4.79 Å². The summed E-state index contributed by atoms with van der Waals surface area (Å²) in [6.07, 6.45) is 3.19. The van der Waals surface area contributed by atoms with Crippen LogP contribution < -0.4 is 16.4 Å². The molecule has 0 radical (unpaired) electrons. The Morgan fingerprint density at radius 1 is 1.44 bits per heavy atom. The number of nitrogens with two attached hydrogens (primary N) is 1. The predicted molar refractivity (Wildman–Crippen MR) is 65.1 cm³/mol. The molecule has 0 saturated carbocycles. The lowest BCUT2D eigenvalue weighted by Crippen LogP contribution is -2.20. The maximum absolute atomic E-state index is 10.7. The molecule has 0 aliphatic carbocycles. The smallest absolute Gasteiger partial charge is 0.316 e. The average molecular weight is 217 g/mol. The molecule has 4 N–H and O–H groups in total. The summed E-state index contributed by atoms with van der Waals surface area (Å²) in [5.74, 6) is 0. The number of hydrogen-bond donors (Lipinski definition) is 3. The number of benzene rings is 1. The molecule has 1 aliphatic rings. The van der Waals surface area contributed by atoms with Crippen molar-refractivity contribution in [3.05, 3.63) is 35.9 Å². The molecule has 1 aliphatic heterocycles. The maximum Gasteiger partial charge on any atom is 0.316 e. The number of primary amides is 1. The van der Waals surface area contributed by atoms with Crippen LogP contribution in [0.5, 0.6) is 0 Å². The topological polar surface area (TPSA) is 67.2 Å². The fourth-order valence-electron chi connectivity index (χ4n) is 1.82. The lowest BCUT2D eigenvalue weighted by molar-refractivity contribution is 0.259. The van der Waals surface area contributed by atoms with E-state index in [9.17, 15) is 4.79 Å². The Balaban J connectivity index is 2.21. The minimum absolute atomic E-state index is 0.531. The van der Waals surface area contributed by atoms with Crippen molar-refractivity contribution in [1.29, 1.82) is 0 Å². The van der Waals surface area contributed by atoms with Gasteiger partial charge in [-0.05, 0) is 36.2 Å². The Morgan fingerprint density at radius 2 is 2.31 bits per heavy atom. The first-order chi connectivity index (χ1) is 7.75. The van der Waals surface area contributed by atoms with Crippen LogP contribution in [0.25, 0.3) is 5.57 Å². The van der Waals surface area contributed by atoms with E-state index in [0.717, 1.165) is 30.8 Å². The van der Waals surface area contributed by atoms with E-state index in [1.165, 1.54) is 5.57 Å². The molecule has 1 heterocycles. The van der Waals surface area contributed by atoms with Crippen molar-refractivity contribution in [2.24, 2.45) is 5.73 Å². The number of carbonyl (C=O) groups is 1. The summed E-state index contributed by atoms with van der Waals surface area (Å²) >= 11 is 0.